The van der Waals surface area contributed by atoms with E-state index in [1.807, 2.05) is 44.2 Å². The first-order chi connectivity index (χ1) is 13.2. The predicted octanol–water partition coefficient (Wildman–Crippen LogP) is 5.25. The maximum absolute atomic E-state index is 11.5. The lowest BCUT2D eigenvalue weighted by Gasteiger charge is -2.19. The maximum Gasteiger partial charge on any atom is 0.298 e. The number of phenolic OH excluding ortho intramolecular Hbond substituents is 1. The molecule has 0 aliphatic rings. The predicted molar refractivity (Wildman–Crippen MR) is 111 cm³/mol. The smallest absolute Gasteiger partial charge is 0.298 e. The van der Waals surface area contributed by atoms with E-state index in [1.165, 1.54) is 17.2 Å². The molecule has 4 nitrogen and oxygen atoms in total. The van der Waals surface area contributed by atoms with Crippen molar-refractivity contribution in [2.45, 2.75) is 37.5 Å². The fourth-order valence-corrected chi connectivity index (χ4v) is 4.21. The number of rotatable bonds is 5. The molecule has 0 spiro atoms. The number of phenols is 1. The van der Waals surface area contributed by atoms with Crippen LogP contribution in [0.4, 0.5) is 0 Å². The van der Waals surface area contributed by atoms with E-state index in [-0.39, 0.29) is 11.8 Å². The number of hydrogen-bond acceptors (Lipinski definition) is 3. The van der Waals surface area contributed by atoms with E-state index >= 15 is 0 Å². The van der Waals surface area contributed by atoms with Crippen molar-refractivity contribution >= 4 is 10.1 Å². The number of aromatic hydroxyl groups is 1. The Kier molecular flexibility index (Phi) is 5.59. The van der Waals surface area contributed by atoms with Crippen molar-refractivity contribution in [3.05, 3.63) is 94.5 Å². The van der Waals surface area contributed by atoms with Crippen molar-refractivity contribution in [1.29, 1.82) is 0 Å². The molecular formula is C23H24O4S. The fraction of sp³-hybridized carbons (Fsp3) is 0.217. The Morgan fingerprint density at radius 3 is 1.79 bits per heavy atom. The molecule has 3 aromatic carbocycles. The van der Waals surface area contributed by atoms with Crippen molar-refractivity contribution in [3.8, 4) is 5.75 Å². The van der Waals surface area contributed by atoms with Gasteiger partial charge in [-0.05, 0) is 35.2 Å². The van der Waals surface area contributed by atoms with Crippen molar-refractivity contribution in [3.63, 3.8) is 0 Å². The molecule has 0 amide bonds. The molecule has 0 bridgehead atoms. The molecule has 0 saturated heterocycles. The van der Waals surface area contributed by atoms with Gasteiger partial charge in [-0.25, -0.2) is 0 Å². The highest BCUT2D eigenvalue weighted by atomic mass is 32.2. The van der Waals surface area contributed by atoms with E-state index in [9.17, 15) is 18.1 Å². The lowest BCUT2D eigenvalue weighted by Crippen LogP contribution is -2.05. The third-order valence-electron chi connectivity index (χ3n) is 5.35. The topological polar surface area (TPSA) is 74.6 Å². The highest BCUT2D eigenvalue weighted by Gasteiger charge is 2.23. The van der Waals surface area contributed by atoms with Crippen LogP contribution in [0.2, 0.25) is 0 Å². The molecule has 0 fully saturated rings. The first-order valence-electron chi connectivity index (χ1n) is 9.15. The van der Waals surface area contributed by atoms with Gasteiger partial charge < -0.3 is 5.11 Å². The van der Waals surface area contributed by atoms with Gasteiger partial charge in [0.15, 0.2) is 0 Å². The van der Waals surface area contributed by atoms with Crippen molar-refractivity contribution in [2.24, 2.45) is 0 Å². The van der Waals surface area contributed by atoms with Gasteiger partial charge in [-0.1, -0.05) is 74.5 Å². The van der Waals surface area contributed by atoms with Gasteiger partial charge in [-0.3, -0.25) is 4.55 Å². The fourth-order valence-electron chi connectivity index (χ4n) is 3.62. The summed E-state index contributed by atoms with van der Waals surface area (Å²) in [6, 6.07) is 21.2. The number of aryl methyl sites for hydroxylation is 1. The largest absolute Gasteiger partial charge is 0.506 e. The summed E-state index contributed by atoms with van der Waals surface area (Å²) in [6.45, 7) is 5.87. The van der Waals surface area contributed by atoms with E-state index in [4.69, 9.17) is 0 Å². The van der Waals surface area contributed by atoms with Crippen LogP contribution in [0, 0.1) is 6.92 Å². The first kappa shape index (κ1) is 20.1. The molecule has 0 heterocycles. The Bertz CT molecular complexity index is 1070. The Morgan fingerprint density at radius 2 is 1.25 bits per heavy atom. The van der Waals surface area contributed by atoms with Gasteiger partial charge in [0.2, 0.25) is 0 Å². The summed E-state index contributed by atoms with van der Waals surface area (Å²) in [4.78, 5) is -0.464. The summed E-state index contributed by atoms with van der Waals surface area (Å²) < 4.78 is 32.4. The normalized spacial score (nSPS) is 13.9. The molecule has 146 valence electrons. The average Bonchev–Trinajstić information content (AvgIpc) is 2.67. The quantitative estimate of drug-likeness (QED) is 0.578. The summed E-state index contributed by atoms with van der Waals surface area (Å²) in [7, 11) is -4.49. The Hall–Kier alpha value is -2.63. The third kappa shape index (κ3) is 3.96. The van der Waals surface area contributed by atoms with Crippen molar-refractivity contribution in [1.82, 2.24) is 0 Å². The average molecular weight is 397 g/mol. The molecule has 0 saturated carbocycles. The standard InChI is InChI=1S/C23H24O4S/c1-15-9-14-21(28(25,26)27)23(24)22(15)17(3)20-12-10-19(11-13-20)16(2)18-7-5-4-6-8-18/h4-14,16-17,24H,1-3H3,(H,25,26,27). The van der Waals surface area contributed by atoms with Gasteiger partial charge in [0, 0.05) is 17.4 Å². The van der Waals surface area contributed by atoms with E-state index in [0.29, 0.717) is 5.56 Å². The van der Waals surface area contributed by atoms with Crippen LogP contribution in [0.3, 0.4) is 0 Å². The van der Waals surface area contributed by atoms with E-state index in [0.717, 1.165) is 11.1 Å². The van der Waals surface area contributed by atoms with Crippen molar-refractivity contribution < 1.29 is 18.1 Å². The van der Waals surface area contributed by atoms with Crippen LogP contribution in [-0.4, -0.2) is 18.1 Å². The number of benzene rings is 3. The summed E-state index contributed by atoms with van der Waals surface area (Å²) in [5, 5.41) is 10.5. The molecule has 0 aliphatic carbocycles. The zero-order chi connectivity index (χ0) is 20.5. The molecule has 0 aliphatic heterocycles. The molecular weight excluding hydrogens is 372 g/mol. The maximum atomic E-state index is 11.5. The summed E-state index contributed by atoms with van der Waals surface area (Å²) in [6.07, 6.45) is 0. The summed E-state index contributed by atoms with van der Waals surface area (Å²) in [5.74, 6) is -0.372. The molecule has 2 unspecified atom stereocenters. The minimum atomic E-state index is -4.49. The highest BCUT2D eigenvalue weighted by Crippen LogP contribution is 2.38. The third-order valence-corrected chi connectivity index (χ3v) is 6.23. The second kappa shape index (κ2) is 7.78. The molecule has 5 heteroatoms. The Morgan fingerprint density at radius 1 is 0.750 bits per heavy atom. The molecule has 28 heavy (non-hydrogen) atoms. The van der Waals surface area contributed by atoms with E-state index in [2.05, 4.69) is 31.2 Å². The van der Waals surface area contributed by atoms with Gasteiger partial charge in [0.25, 0.3) is 10.1 Å². The lowest BCUT2D eigenvalue weighted by molar-refractivity contribution is 0.436. The second-order valence-electron chi connectivity index (χ2n) is 7.14. The minimum absolute atomic E-state index is 0.234. The Labute approximate surface area is 166 Å². The van der Waals surface area contributed by atoms with Crippen molar-refractivity contribution in [2.75, 3.05) is 0 Å². The van der Waals surface area contributed by atoms with Crippen LogP contribution in [0.15, 0.2) is 71.6 Å². The summed E-state index contributed by atoms with van der Waals surface area (Å²) in [5.41, 5.74) is 4.63. The SMILES string of the molecule is Cc1ccc(S(=O)(=O)O)c(O)c1C(C)c1ccc(C(C)c2ccccc2)cc1. The second-order valence-corrected chi connectivity index (χ2v) is 8.53. The molecule has 0 radical (unpaired) electrons. The molecule has 2 atom stereocenters. The van der Waals surface area contributed by atoms with E-state index < -0.39 is 20.8 Å². The monoisotopic (exact) mass is 396 g/mol. The van der Waals surface area contributed by atoms with Gasteiger partial charge in [0.1, 0.15) is 10.6 Å². The zero-order valence-corrected chi connectivity index (χ0v) is 16.9. The van der Waals surface area contributed by atoms with Gasteiger partial charge >= 0.3 is 0 Å². The van der Waals surface area contributed by atoms with Gasteiger partial charge in [-0.2, -0.15) is 8.42 Å². The number of hydrogen-bond donors (Lipinski definition) is 2. The van der Waals surface area contributed by atoms with Crippen LogP contribution in [0.5, 0.6) is 5.75 Å². The minimum Gasteiger partial charge on any atom is -0.506 e. The zero-order valence-electron chi connectivity index (χ0n) is 16.1. The van der Waals surface area contributed by atoms with Gasteiger partial charge in [-0.15, -0.1) is 0 Å². The van der Waals surface area contributed by atoms with Crippen LogP contribution >= 0.6 is 0 Å². The van der Waals surface area contributed by atoms with E-state index in [1.54, 1.807) is 6.07 Å². The van der Waals surface area contributed by atoms with Gasteiger partial charge in [0.05, 0.1) is 0 Å². The van der Waals surface area contributed by atoms with Crippen LogP contribution in [-0.2, 0) is 10.1 Å². The molecule has 3 rings (SSSR count). The van der Waals surface area contributed by atoms with Crippen LogP contribution in [0.1, 0.15) is 53.5 Å². The first-order valence-corrected chi connectivity index (χ1v) is 10.6. The highest BCUT2D eigenvalue weighted by molar-refractivity contribution is 7.86. The summed E-state index contributed by atoms with van der Waals surface area (Å²) >= 11 is 0. The van der Waals surface area contributed by atoms with Crippen LogP contribution < -0.4 is 0 Å². The Balaban J connectivity index is 1.95. The lowest BCUT2D eigenvalue weighted by atomic mass is 9.87. The van der Waals surface area contributed by atoms with Crippen LogP contribution in [0.25, 0.3) is 0 Å². The molecule has 3 aromatic rings. The molecule has 2 N–H and O–H groups in total. The molecule has 0 aromatic heterocycles.